The van der Waals surface area contributed by atoms with E-state index >= 15 is 0 Å². The van der Waals surface area contributed by atoms with Gasteiger partial charge in [0.15, 0.2) is 0 Å². The van der Waals surface area contributed by atoms with E-state index < -0.39 is 5.97 Å². The van der Waals surface area contributed by atoms with Gasteiger partial charge in [0.25, 0.3) is 0 Å². The Hall–Kier alpha value is -3.08. The Morgan fingerprint density at radius 1 is 1.23 bits per heavy atom. The topological polar surface area (TPSA) is 58.4 Å². The third-order valence-electron chi connectivity index (χ3n) is 3.45. The lowest BCUT2D eigenvalue weighted by atomic mass is 10.2. The number of aliphatic carboxylic acids is 1. The minimum Gasteiger partial charge on any atom is -0.478 e. The highest BCUT2D eigenvalue weighted by Gasteiger charge is 2.09. The van der Waals surface area contributed by atoms with Crippen LogP contribution in [0.1, 0.15) is 5.69 Å². The summed E-state index contributed by atoms with van der Waals surface area (Å²) in [6.07, 6.45) is 6.35. The number of benzene rings is 1. The van der Waals surface area contributed by atoms with Crippen LogP contribution in [-0.4, -0.2) is 27.8 Å². The molecule has 1 aromatic carbocycles. The zero-order valence-corrected chi connectivity index (χ0v) is 12.0. The fourth-order valence-electron chi connectivity index (χ4n) is 2.43. The van der Waals surface area contributed by atoms with Crippen LogP contribution < -0.4 is 5.01 Å². The first-order valence-electron chi connectivity index (χ1n) is 6.83. The largest absolute Gasteiger partial charge is 0.478 e. The molecule has 0 amide bonds. The van der Waals surface area contributed by atoms with Gasteiger partial charge in [-0.2, -0.15) is 0 Å². The van der Waals surface area contributed by atoms with Crippen molar-refractivity contribution in [2.45, 2.75) is 0 Å². The van der Waals surface area contributed by atoms with Gasteiger partial charge in [0, 0.05) is 30.9 Å². The number of anilines is 1. The lowest BCUT2D eigenvalue weighted by Crippen LogP contribution is -2.25. The van der Waals surface area contributed by atoms with Gasteiger partial charge < -0.3 is 5.11 Å². The Bertz CT molecular complexity index is 846. The molecule has 0 saturated heterocycles. The summed E-state index contributed by atoms with van der Waals surface area (Å²) in [6, 6.07) is 13.6. The third-order valence-corrected chi connectivity index (χ3v) is 3.45. The number of carboxylic acids is 1. The molecule has 0 fully saturated rings. The number of pyridine rings is 1. The number of rotatable bonds is 4. The standard InChI is InChI=1S/C17H15N3O2/c1-19(20-12-4-5-13(20)8-9-17(21)22)16-10-11-18-15-7-3-2-6-14(15)16/h2-12H,1H3,(H,21,22). The molecular weight excluding hydrogens is 278 g/mol. The van der Waals surface area contributed by atoms with Crippen molar-refractivity contribution in [1.29, 1.82) is 0 Å². The molecule has 0 aliphatic heterocycles. The van der Waals surface area contributed by atoms with Gasteiger partial charge in [0.1, 0.15) is 0 Å². The van der Waals surface area contributed by atoms with Gasteiger partial charge in [-0.05, 0) is 30.3 Å². The Labute approximate surface area is 127 Å². The first-order chi connectivity index (χ1) is 10.7. The molecule has 3 rings (SSSR count). The van der Waals surface area contributed by atoms with Crippen molar-refractivity contribution in [3.05, 3.63) is 66.6 Å². The number of carbonyl (C=O) groups is 1. The molecule has 0 spiro atoms. The molecule has 0 aliphatic rings. The molecule has 22 heavy (non-hydrogen) atoms. The van der Waals surface area contributed by atoms with E-state index in [1.165, 1.54) is 0 Å². The van der Waals surface area contributed by atoms with Crippen LogP contribution in [0.25, 0.3) is 17.0 Å². The molecular formula is C17H15N3O2. The van der Waals surface area contributed by atoms with Crippen molar-refractivity contribution in [3.8, 4) is 0 Å². The molecule has 1 N–H and O–H groups in total. The van der Waals surface area contributed by atoms with Crippen LogP contribution in [0.2, 0.25) is 0 Å². The highest BCUT2D eigenvalue weighted by atomic mass is 16.4. The molecule has 2 aromatic heterocycles. The molecule has 110 valence electrons. The van der Waals surface area contributed by atoms with Gasteiger partial charge in [-0.25, -0.2) is 4.79 Å². The zero-order valence-electron chi connectivity index (χ0n) is 12.0. The van der Waals surface area contributed by atoms with Crippen LogP contribution in [0.3, 0.4) is 0 Å². The summed E-state index contributed by atoms with van der Waals surface area (Å²) in [6.45, 7) is 0. The van der Waals surface area contributed by atoms with E-state index in [-0.39, 0.29) is 0 Å². The van der Waals surface area contributed by atoms with Gasteiger partial charge in [0.05, 0.1) is 16.9 Å². The fourth-order valence-corrected chi connectivity index (χ4v) is 2.43. The average molecular weight is 293 g/mol. The molecule has 0 atom stereocenters. The van der Waals surface area contributed by atoms with E-state index in [1.54, 1.807) is 12.3 Å². The molecule has 5 heteroatoms. The monoisotopic (exact) mass is 293 g/mol. The number of aromatic nitrogens is 2. The van der Waals surface area contributed by atoms with Gasteiger partial charge in [-0.3, -0.25) is 14.7 Å². The quantitative estimate of drug-likeness (QED) is 0.751. The number of hydrogen-bond donors (Lipinski definition) is 1. The van der Waals surface area contributed by atoms with E-state index in [4.69, 9.17) is 5.11 Å². The Balaban J connectivity index is 2.05. The van der Waals surface area contributed by atoms with Gasteiger partial charge in [-0.1, -0.05) is 18.2 Å². The second-order valence-corrected chi connectivity index (χ2v) is 4.82. The van der Waals surface area contributed by atoms with Crippen molar-refractivity contribution in [2.24, 2.45) is 0 Å². The molecule has 0 radical (unpaired) electrons. The van der Waals surface area contributed by atoms with Crippen molar-refractivity contribution in [1.82, 2.24) is 9.66 Å². The van der Waals surface area contributed by atoms with E-state index in [9.17, 15) is 4.79 Å². The van der Waals surface area contributed by atoms with E-state index in [1.807, 2.05) is 65.4 Å². The summed E-state index contributed by atoms with van der Waals surface area (Å²) in [5.74, 6) is -0.968. The van der Waals surface area contributed by atoms with Crippen LogP contribution in [0.4, 0.5) is 5.69 Å². The molecule has 0 bridgehead atoms. The average Bonchev–Trinajstić information content (AvgIpc) is 3.00. The Morgan fingerprint density at radius 2 is 2.05 bits per heavy atom. The molecule has 0 aliphatic carbocycles. The molecule has 5 nitrogen and oxygen atoms in total. The first kappa shape index (κ1) is 13.9. The number of fused-ring (bicyclic) bond motifs is 1. The summed E-state index contributed by atoms with van der Waals surface area (Å²) in [5.41, 5.74) is 2.69. The van der Waals surface area contributed by atoms with Crippen molar-refractivity contribution < 1.29 is 9.90 Å². The summed E-state index contributed by atoms with van der Waals surface area (Å²) < 4.78 is 1.89. The highest BCUT2D eigenvalue weighted by molar-refractivity contribution is 5.91. The fraction of sp³-hybridized carbons (Fsp3) is 0.0588. The zero-order chi connectivity index (χ0) is 15.5. The predicted octanol–water partition coefficient (Wildman–Crippen LogP) is 3.03. The summed E-state index contributed by atoms with van der Waals surface area (Å²) >= 11 is 0. The maximum atomic E-state index is 10.7. The van der Waals surface area contributed by atoms with Crippen molar-refractivity contribution >= 4 is 28.6 Å². The summed E-state index contributed by atoms with van der Waals surface area (Å²) in [7, 11) is 1.93. The Kier molecular flexibility index (Phi) is 3.62. The maximum absolute atomic E-state index is 10.7. The smallest absolute Gasteiger partial charge is 0.328 e. The van der Waals surface area contributed by atoms with Gasteiger partial charge >= 0.3 is 5.97 Å². The minimum absolute atomic E-state index is 0.783. The second kappa shape index (κ2) is 5.73. The SMILES string of the molecule is CN(c1ccnc2ccccc12)n1cccc1C=CC(=O)O. The van der Waals surface area contributed by atoms with Crippen LogP contribution in [0.15, 0.2) is 60.9 Å². The van der Waals surface area contributed by atoms with E-state index in [0.717, 1.165) is 28.4 Å². The lowest BCUT2D eigenvalue weighted by molar-refractivity contribution is -0.131. The molecule has 3 aromatic rings. The van der Waals surface area contributed by atoms with Crippen LogP contribution in [0.5, 0.6) is 0 Å². The number of para-hydroxylation sites is 1. The second-order valence-electron chi connectivity index (χ2n) is 4.82. The van der Waals surface area contributed by atoms with Gasteiger partial charge in [0.2, 0.25) is 0 Å². The van der Waals surface area contributed by atoms with Crippen LogP contribution in [-0.2, 0) is 4.79 Å². The first-order valence-corrected chi connectivity index (χ1v) is 6.83. The normalized spacial score (nSPS) is 11.1. The number of carboxylic acid groups (broad SMARTS) is 1. The maximum Gasteiger partial charge on any atom is 0.328 e. The van der Waals surface area contributed by atoms with E-state index in [2.05, 4.69) is 4.98 Å². The highest BCUT2D eigenvalue weighted by Crippen LogP contribution is 2.25. The van der Waals surface area contributed by atoms with Crippen molar-refractivity contribution in [3.63, 3.8) is 0 Å². The Morgan fingerprint density at radius 3 is 2.86 bits per heavy atom. The number of hydrogen-bond acceptors (Lipinski definition) is 3. The van der Waals surface area contributed by atoms with Crippen LogP contribution >= 0.6 is 0 Å². The van der Waals surface area contributed by atoms with Crippen LogP contribution in [0, 0.1) is 0 Å². The molecule has 2 heterocycles. The predicted molar refractivity (Wildman–Crippen MR) is 86.6 cm³/mol. The summed E-state index contributed by atoms with van der Waals surface area (Å²) in [5, 5.41) is 11.8. The minimum atomic E-state index is -0.968. The van der Waals surface area contributed by atoms with Crippen molar-refractivity contribution in [2.75, 3.05) is 12.1 Å². The third kappa shape index (κ3) is 2.56. The number of nitrogens with zero attached hydrogens (tertiary/aromatic N) is 3. The van der Waals surface area contributed by atoms with E-state index in [0.29, 0.717) is 0 Å². The lowest BCUT2D eigenvalue weighted by Gasteiger charge is -2.24. The summed E-state index contributed by atoms with van der Waals surface area (Å²) in [4.78, 5) is 15.1. The molecule has 0 unspecified atom stereocenters. The molecule has 0 saturated carbocycles. The van der Waals surface area contributed by atoms with Gasteiger partial charge in [-0.15, -0.1) is 0 Å².